The van der Waals surface area contributed by atoms with E-state index in [0.717, 1.165) is 25.0 Å². The number of carboxylic acid groups (broad SMARTS) is 1. The van der Waals surface area contributed by atoms with E-state index in [9.17, 15) is 14.7 Å². The summed E-state index contributed by atoms with van der Waals surface area (Å²) >= 11 is 1.39. The van der Waals surface area contributed by atoms with Gasteiger partial charge >= 0.3 is 5.97 Å². The van der Waals surface area contributed by atoms with Crippen LogP contribution in [-0.4, -0.2) is 45.5 Å². The van der Waals surface area contributed by atoms with Gasteiger partial charge in [0.05, 0.1) is 12.2 Å². The smallest absolute Gasteiger partial charge is 0.320 e. The number of aryl methyl sites for hydroxylation is 1. The van der Waals surface area contributed by atoms with Gasteiger partial charge in [-0.3, -0.25) is 14.5 Å². The van der Waals surface area contributed by atoms with Crippen LogP contribution in [-0.2, 0) is 9.59 Å². The van der Waals surface area contributed by atoms with Crippen LogP contribution in [0, 0.1) is 12.8 Å². The van der Waals surface area contributed by atoms with Gasteiger partial charge < -0.3 is 10.4 Å². The number of anilines is 1. The quantitative estimate of drug-likeness (QED) is 0.887. The molecule has 2 heterocycles. The number of carbonyl (C=O) groups excluding carboxylic acids is 1. The lowest BCUT2D eigenvalue weighted by molar-refractivity contribution is -0.143. The highest BCUT2D eigenvalue weighted by atomic mass is 32.1. The molecule has 0 spiro atoms. The van der Waals surface area contributed by atoms with E-state index in [2.05, 4.69) is 10.3 Å². The number of amides is 1. The van der Waals surface area contributed by atoms with E-state index in [4.69, 9.17) is 0 Å². The van der Waals surface area contributed by atoms with Gasteiger partial charge in [0.25, 0.3) is 0 Å². The van der Waals surface area contributed by atoms with Crippen molar-refractivity contribution in [2.75, 3.05) is 11.9 Å². The summed E-state index contributed by atoms with van der Waals surface area (Å²) in [6.07, 6.45) is 5.04. The van der Waals surface area contributed by atoms with E-state index in [-0.39, 0.29) is 18.5 Å². The molecule has 1 aliphatic heterocycles. The molecule has 1 aromatic heterocycles. The van der Waals surface area contributed by atoms with Crippen LogP contribution in [0.4, 0.5) is 5.13 Å². The standard InChI is InChI=1S/C15H21N3O3S/c1-9-8-22-15(16-9)17-13(19)7-18-11-5-3-2-4-10(11)6-12(18)14(20)21/h8,10-12H,2-7H2,1H3,(H,20,21)(H,16,17,19)/t10-,11-,12+/m1/s1. The fourth-order valence-corrected chi connectivity index (χ4v) is 4.46. The van der Waals surface area contributed by atoms with Crippen molar-refractivity contribution in [3.05, 3.63) is 11.1 Å². The van der Waals surface area contributed by atoms with Gasteiger partial charge in [-0.1, -0.05) is 12.8 Å². The molecule has 2 N–H and O–H groups in total. The van der Waals surface area contributed by atoms with Crippen LogP contribution in [0.2, 0.25) is 0 Å². The Balaban J connectivity index is 1.67. The average Bonchev–Trinajstić information content (AvgIpc) is 3.03. The highest BCUT2D eigenvalue weighted by Gasteiger charge is 2.45. The second-order valence-electron chi connectivity index (χ2n) is 6.22. The Bertz CT molecular complexity index is 574. The Hall–Kier alpha value is -1.47. The summed E-state index contributed by atoms with van der Waals surface area (Å²) in [6, 6.07) is -0.296. The van der Waals surface area contributed by atoms with Crippen LogP contribution in [0.25, 0.3) is 0 Å². The van der Waals surface area contributed by atoms with Gasteiger partial charge in [0.2, 0.25) is 5.91 Å². The van der Waals surface area contributed by atoms with Gasteiger partial charge in [0, 0.05) is 11.4 Å². The number of aliphatic carboxylic acids is 1. The molecule has 6 nitrogen and oxygen atoms in total. The molecule has 120 valence electrons. The first-order valence-electron chi connectivity index (χ1n) is 7.75. The highest BCUT2D eigenvalue weighted by molar-refractivity contribution is 7.13. The van der Waals surface area contributed by atoms with Crippen LogP contribution in [0.3, 0.4) is 0 Å². The van der Waals surface area contributed by atoms with E-state index < -0.39 is 12.0 Å². The lowest BCUT2D eigenvalue weighted by Crippen LogP contribution is -2.46. The molecule has 0 aromatic carbocycles. The monoisotopic (exact) mass is 323 g/mol. The van der Waals surface area contributed by atoms with Gasteiger partial charge in [-0.15, -0.1) is 11.3 Å². The molecule has 2 fully saturated rings. The third kappa shape index (κ3) is 3.15. The predicted octanol–water partition coefficient (Wildman–Crippen LogP) is 2.11. The van der Waals surface area contributed by atoms with E-state index in [1.54, 1.807) is 0 Å². The summed E-state index contributed by atoms with van der Waals surface area (Å²) in [5.74, 6) is -0.566. The van der Waals surface area contributed by atoms with Gasteiger partial charge in [-0.2, -0.15) is 0 Å². The summed E-state index contributed by atoms with van der Waals surface area (Å²) in [6.45, 7) is 2.01. The molecule has 7 heteroatoms. The second-order valence-corrected chi connectivity index (χ2v) is 7.07. The van der Waals surface area contributed by atoms with Crippen LogP contribution < -0.4 is 5.32 Å². The lowest BCUT2D eigenvalue weighted by Gasteiger charge is -2.32. The molecule has 22 heavy (non-hydrogen) atoms. The van der Waals surface area contributed by atoms with Crippen LogP contribution in [0.1, 0.15) is 37.8 Å². The van der Waals surface area contributed by atoms with Crippen molar-refractivity contribution < 1.29 is 14.7 Å². The number of thiazole rings is 1. The third-order valence-corrected chi connectivity index (χ3v) is 5.57. The maximum absolute atomic E-state index is 12.2. The number of rotatable bonds is 4. The van der Waals surface area contributed by atoms with Gasteiger partial charge in [-0.05, 0) is 32.1 Å². The Morgan fingerprint density at radius 1 is 1.45 bits per heavy atom. The summed E-state index contributed by atoms with van der Waals surface area (Å²) in [5.41, 5.74) is 0.872. The zero-order chi connectivity index (χ0) is 15.7. The van der Waals surface area contributed by atoms with Crippen LogP contribution in [0.15, 0.2) is 5.38 Å². The number of hydrogen-bond donors (Lipinski definition) is 2. The fourth-order valence-electron chi connectivity index (χ4n) is 3.76. The highest BCUT2D eigenvalue weighted by Crippen LogP contribution is 2.39. The molecular weight excluding hydrogens is 302 g/mol. The fraction of sp³-hybridized carbons (Fsp3) is 0.667. The molecule has 1 aliphatic carbocycles. The van der Waals surface area contributed by atoms with E-state index in [1.165, 1.54) is 17.8 Å². The van der Waals surface area contributed by atoms with Crippen LogP contribution >= 0.6 is 11.3 Å². The summed E-state index contributed by atoms with van der Waals surface area (Å²) < 4.78 is 0. The molecule has 0 radical (unpaired) electrons. The minimum absolute atomic E-state index is 0.136. The van der Waals surface area contributed by atoms with Crippen molar-refractivity contribution in [2.24, 2.45) is 5.92 Å². The zero-order valence-corrected chi connectivity index (χ0v) is 13.4. The van der Waals surface area contributed by atoms with Crippen molar-refractivity contribution in [3.63, 3.8) is 0 Å². The van der Waals surface area contributed by atoms with Crippen LogP contribution in [0.5, 0.6) is 0 Å². The largest absolute Gasteiger partial charge is 0.480 e. The van der Waals surface area contributed by atoms with Crippen molar-refractivity contribution in [1.29, 1.82) is 0 Å². The van der Waals surface area contributed by atoms with Crippen molar-refractivity contribution in [2.45, 2.75) is 51.1 Å². The number of aromatic nitrogens is 1. The topological polar surface area (TPSA) is 82.5 Å². The molecular formula is C15H21N3O3S. The molecule has 3 atom stereocenters. The maximum Gasteiger partial charge on any atom is 0.320 e. The lowest BCUT2D eigenvalue weighted by atomic mass is 9.85. The van der Waals surface area contributed by atoms with E-state index in [0.29, 0.717) is 17.5 Å². The summed E-state index contributed by atoms with van der Waals surface area (Å²) in [5, 5.41) is 14.7. The SMILES string of the molecule is Cc1csc(NC(=O)CN2[C@@H]3CCCC[C@@H]3C[C@H]2C(=O)O)n1. The number of fused-ring (bicyclic) bond motifs is 1. The Morgan fingerprint density at radius 2 is 2.23 bits per heavy atom. The Kier molecular flexibility index (Phi) is 4.44. The number of carboxylic acids is 1. The number of nitrogens with zero attached hydrogens (tertiary/aromatic N) is 2. The van der Waals surface area contributed by atoms with Crippen molar-refractivity contribution in [3.8, 4) is 0 Å². The third-order valence-electron chi connectivity index (χ3n) is 4.70. The summed E-state index contributed by atoms with van der Waals surface area (Å²) in [7, 11) is 0. The van der Waals surface area contributed by atoms with E-state index in [1.807, 2.05) is 17.2 Å². The minimum atomic E-state index is -0.813. The first kappa shape index (κ1) is 15.4. The molecule has 0 unspecified atom stereocenters. The Labute approximate surface area is 133 Å². The second kappa shape index (κ2) is 6.34. The van der Waals surface area contributed by atoms with E-state index >= 15 is 0 Å². The van der Waals surface area contributed by atoms with Crippen molar-refractivity contribution in [1.82, 2.24) is 9.88 Å². The first-order chi connectivity index (χ1) is 10.5. The number of carbonyl (C=O) groups is 2. The summed E-state index contributed by atoms with van der Waals surface area (Å²) in [4.78, 5) is 29.9. The molecule has 1 amide bonds. The number of hydrogen-bond acceptors (Lipinski definition) is 5. The number of nitrogens with one attached hydrogen (secondary N) is 1. The van der Waals surface area contributed by atoms with Gasteiger partial charge in [0.1, 0.15) is 6.04 Å². The Morgan fingerprint density at radius 3 is 2.91 bits per heavy atom. The minimum Gasteiger partial charge on any atom is -0.480 e. The van der Waals surface area contributed by atoms with Crippen molar-refractivity contribution >= 4 is 28.3 Å². The van der Waals surface area contributed by atoms with Gasteiger partial charge in [0.15, 0.2) is 5.13 Å². The molecule has 1 saturated carbocycles. The molecule has 0 bridgehead atoms. The van der Waals surface area contributed by atoms with Gasteiger partial charge in [-0.25, -0.2) is 4.98 Å². The predicted molar refractivity (Wildman–Crippen MR) is 84.0 cm³/mol. The molecule has 1 saturated heterocycles. The molecule has 2 aliphatic rings. The zero-order valence-electron chi connectivity index (χ0n) is 12.6. The average molecular weight is 323 g/mol. The first-order valence-corrected chi connectivity index (χ1v) is 8.63. The molecule has 1 aromatic rings. The molecule has 3 rings (SSSR count). The normalized spacial score (nSPS) is 28.3. The number of likely N-dealkylation sites (tertiary alicyclic amines) is 1. The maximum atomic E-state index is 12.2.